The number of nitrogens with one attached hydrogen (secondary N) is 1. The van der Waals surface area contributed by atoms with Crippen LogP contribution in [0, 0.1) is 11.3 Å². The van der Waals surface area contributed by atoms with Gasteiger partial charge in [0.2, 0.25) is 0 Å². The van der Waals surface area contributed by atoms with Crippen LogP contribution >= 0.6 is 0 Å². The Balaban J connectivity index is 1.87. The van der Waals surface area contributed by atoms with Gasteiger partial charge in [-0.2, -0.15) is 0 Å². The Labute approximate surface area is 114 Å². The van der Waals surface area contributed by atoms with Crippen LogP contribution in [0.1, 0.15) is 59.8 Å². The minimum atomic E-state index is 0.511. The fourth-order valence-electron chi connectivity index (χ4n) is 4.01. The predicted molar refractivity (Wildman–Crippen MR) is 78.9 cm³/mol. The van der Waals surface area contributed by atoms with Crippen LogP contribution < -0.4 is 5.32 Å². The summed E-state index contributed by atoms with van der Waals surface area (Å²) in [4.78, 5) is 2.79. The Hall–Kier alpha value is -0.0800. The maximum Gasteiger partial charge on any atom is 0.0235 e. The molecule has 0 bridgehead atoms. The van der Waals surface area contributed by atoms with Gasteiger partial charge in [-0.15, -0.1) is 0 Å². The molecule has 2 heteroatoms. The molecular weight excluding hydrogens is 220 g/mol. The molecule has 2 fully saturated rings. The van der Waals surface area contributed by atoms with Gasteiger partial charge < -0.3 is 5.32 Å². The lowest BCUT2D eigenvalue weighted by molar-refractivity contribution is 0.0752. The number of hydrogen-bond donors (Lipinski definition) is 1. The molecule has 106 valence electrons. The summed E-state index contributed by atoms with van der Waals surface area (Å²) < 4.78 is 0. The predicted octanol–water partition coefficient (Wildman–Crippen LogP) is 3.28. The van der Waals surface area contributed by atoms with E-state index < -0.39 is 0 Å². The zero-order valence-electron chi connectivity index (χ0n) is 12.8. The van der Waals surface area contributed by atoms with Gasteiger partial charge in [0.15, 0.2) is 0 Å². The van der Waals surface area contributed by atoms with Gasteiger partial charge in [-0.3, -0.25) is 4.90 Å². The van der Waals surface area contributed by atoms with Crippen molar-refractivity contribution >= 4 is 0 Å². The molecule has 2 rings (SSSR count). The molecule has 0 aromatic heterocycles. The quantitative estimate of drug-likeness (QED) is 0.829. The van der Waals surface area contributed by atoms with E-state index in [2.05, 4.69) is 37.9 Å². The van der Waals surface area contributed by atoms with Crippen LogP contribution in [0.4, 0.5) is 0 Å². The fraction of sp³-hybridized carbons (Fsp3) is 1.00. The normalized spacial score (nSPS) is 34.2. The van der Waals surface area contributed by atoms with Crippen molar-refractivity contribution in [2.24, 2.45) is 11.3 Å². The zero-order chi connectivity index (χ0) is 13.2. The lowest BCUT2D eigenvalue weighted by atomic mass is 9.71. The average molecular weight is 252 g/mol. The minimum absolute atomic E-state index is 0.511. The van der Waals surface area contributed by atoms with Crippen molar-refractivity contribution in [2.45, 2.75) is 71.9 Å². The number of hydrogen-bond acceptors (Lipinski definition) is 2. The van der Waals surface area contributed by atoms with Crippen molar-refractivity contribution in [3.63, 3.8) is 0 Å². The van der Waals surface area contributed by atoms with Crippen molar-refractivity contribution < 1.29 is 0 Å². The van der Waals surface area contributed by atoms with Gasteiger partial charge in [-0.05, 0) is 56.5 Å². The molecule has 0 radical (unpaired) electrons. The summed E-state index contributed by atoms with van der Waals surface area (Å²) in [5.41, 5.74) is 0.511. The molecule has 0 aromatic rings. The molecule has 2 nitrogen and oxygen atoms in total. The molecule has 1 saturated heterocycles. The number of rotatable bonds is 3. The minimum Gasteiger partial charge on any atom is -0.315 e. The lowest BCUT2D eigenvalue weighted by Gasteiger charge is -2.42. The third-order valence-electron chi connectivity index (χ3n) is 5.26. The number of likely N-dealkylation sites (N-methyl/N-ethyl adjacent to an activating group) is 1. The van der Waals surface area contributed by atoms with Gasteiger partial charge in [-0.1, -0.05) is 27.7 Å². The molecule has 1 aliphatic carbocycles. The highest BCUT2D eigenvalue weighted by atomic mass is 15.2. The van der Waals surface area contributed by atoms with Gasteiger partial charge >= 0.3 is 0 Å². The Morgan fingerprint density at radius 3 is 2.11 bits per heavy atom. The third kappa shape index (κ3) is 3.27. The Morgan fingerprint density at radius 2 is 1.67 bits per heavy atom. The first-order chi connectivity index (χ1) is 8.52. The molecule has 1 unspecified atom stereocenters. The second-order valence-electron chi connectivity index (χ2n) is 7.35. The molecule has 1 N–H and O–H groups in total. The highest BCUT2D eigenvalue weighted by Crippen LogP contribution is 2.39. The van der Waals surface area contributed by atoms with Gasteiger partial charge in [0.05, 0.1) is 0 Å². The summed E-state index contributed by atoms with van der Waals surface area (Å²) in [6.07, 6.45) is 7.07. The Kier molecular flexibility index (Phi) is 4.71. The molecule has 1 heterocycles. The first-order valence-electron chi connectivity index (χ1n) is 7.99. The van der Waals surface area contributed by atoms with E-state index in [-0.39, 0.29) is 0 Å². The van der Waals surface area contributed by atoms with Crippen molar-refractivity contribution in [3.8, 4) is 0 Å². The average Bonchev–Trinajstić information content (AvgIpc) is 2.83. The number of nitrogens with zero attached hydrogens (tertiary/aromatic N) is 1. The van der Waals surface area contributed by atoms with E-state index in [1.165, 1.54) is 51.7 Å². The van der Waals surface area contributed by atoms with E-state index in [1.54, 1.807) is 0 Å². The molecule has 0 aromatic carbocycles. The van der Waals surface area contributed by atoms with E-state index in [9.17, 15) is 0 Å². The maximum absolute atomic E-state index is 3.52. The highest BCUT2D eigenvalue weighted by molar-refractivity contribution is 4.89. The first kappa shape index (κ1) is 14.3. The summed E-state index contributed by atoms with van der Waals surface area (Å²) >= 11 is 0. The van der Waals surface area contributed by atoms with Crippen LogP contribution in [0.5, 0.6) is 0 Å². The highest BCUT2D eigenvalue weighted by Gasteiger charge is 2.34. The molecule has 18 heavy (non-hydrogen) atoms. The van der Waals surface area contributed by atoms with Gasteiger partial charge in [-0.25, -0.2) is 0 Å². The maximum atomic E-state index is 3.52. The largest absolute Gasteiger partial charge is 0.315 e. The van der Waals surface area contributed by atoms with E-state index in [0.717, 1.165) is 18.0 Å². The van der Waals surface area contributed by atoms with Crippen LogP contribution in [0.25, 0.3) is 0 Å². The van der Waals surface area contributed by atoms with Gasteiger partial charge in [0.25, 0.3) is 0 Å². The zero-order valence-corrected chi connectivity index (χ0v) is 12.8. The summed E-state index contributed by atoms with van der Waals surface area (Å²) in [6.45, 7) is 13.3. The van der Waals surface area contributed by atoms with E-state index in [1.807, 2.05) is 0 Å². The molecule has 1 aliphatic heterocycles. The van der Waals surface area contributed by atoms with Crippen molar-refractivity contribution in [3.05, 3.63) is 0 Å². The van der Waals surface area contributed by atoms with Crippen molar-refractivity contribution in [1.29, 1.82) is 0 Å². The fourth-order valence-corrected chi connectivity index (χ4v) is 4.01. The molecule has 0 amide bonds. The molecular formula is C16H32N2. The van der Waals surface area contributed by atoms with E-state index >= 15 is 0 Å². The second kappa shape index (κ2) is 5.92. The lowest BCUT2D eigenvalue weighted by Crippen LogP contribution is -2.46. The Bertz CT molecular complexity index is 242. The summed E-state index contributed by atoms with van der Waals surface area (Å²) in [6, 6.07) is 1.67. The van der Waals surface area contributed by atoms with Crippen LogP contribution in [0.15, 0.2) is 0 Å². The Morgan fingerprint density at radius 1 is 1.00 bits per heavy atom. The van der Waals surface area contributed by atoms with E-state index in [4.69, 9.17) is 0 Å². The monoisotopic (exact) mass is 252 g/mol. The topological polar surface area (TPSA) is 15.3 Å². The van der Waals surface area contributed by atoms with Gasteiger partial charge in [0.1, 0.15) is 0 Å². The summed E-state index contributed by atoms with van der Waals surface area (Å²) in [7, 11) is 0. The van der Waals surface area contributed by atoms with Crippen LogP contribution in [-0.2, 0) is 0 Å². The smallest absolute Gasteiger partial charge is 0.0235 e. The van der Waals surface area contributed by atoms with Gasteiger partial charge in [0, 0.05) is 18.6 Å². The summed E-state index contributed by atoms with van der Waals surface area (Å²) in [5.74, 6) is 0.939. The van der Waals surface area contributed by atoms with Crippen molar-refractivity contribution in [1.82, 2.24) is 10.2 Å². The second-order valence-corrected chi connectivity index (χ2v) is 7.35. The van der Waals surface area contributed by atoms with E-state index in [0.29, 0.717) is 5.41 Å². The SMILES string of the molecule is CCN(C1CCC(C(C)(C)C)CC1)C1CCNC1. The van der Waals surface area contributed by atoms with Crippen molar-refractivity contribution in [2.75, 3.05) is 19.6 Å². The molecule has 2 aliphatic rings. The molecule has 0 spiro atoms. The third-order valence-corrected chi connectivity index (χ3v) is 5.26. The van der Waals surface area contributed by atoms with Crippen LogP contribution in [0.2, 0.25) is 0 Å². The summed E-state index contributed by atoms with van der Waals surface area (Å²) in [5, 5.41) is 3.52. The standard InChI is InChI=1S/C16H32N2/c1-5-18(15-10-11-17-12-15)14-8-6-13(7-9-14)16(2,3)4/h13-15,17H,5-12H2,1-4H3. The van der Waals surface area contributed by atoms with Crippen LogP contribution in [-0.4, -0.2) is 36.6 Å². The first-order valence-corrected chi connectivity index (χ1v) is 7.99. The van der Waals surface area contributed by atoms with Crippen LogP contribution in [0.3, 0.4) is 0 Å². The molecule has 1 atom stereocenters. The molecule has 1 saturated carbocycles.